The highest BCUT2D eigenvalue weighted by Crippen LogP contribution is 2.37. The van der Waals surface area contributed by atoms with E-state index in [0.29, 0.717) is 17.3 Å². The minimum absolute atomic E-state index is 0.139. The first-order valence-corrected chi connectivity index (χ1v) is 8.08. The maximum Gasteiger partial charge on any atom is 0.273 e. The van der Waals surface area contributed by atoms with Gasteiger partial charge in [-0.3, -0.25) is 4.57 Å². The van der Waals surface area contributed by atoms with Crippen molar-refractivity contribution in [3.8, 4) is 0 Å². The maximum atomic E-state index is 11.5. The van der Waals surface area contributed by atoms with Crippen LogP contribution in [0.25, 0.3) is 0 Å². The molecule has 3 rings (SSSR count). The van der Waals surface area contributed by atoms with Gasteiger partial charge >= 0.3 is 0 Å². The Morgan fingerprint density at radius 3 is 2.45 bits per heavy atom. The van der Waals surface area contributed by atoms with Gasteiger partial charge in [-0.05, 0) is 30.5 Å². The number of aromatic nitrogens is 3. The summed E-state index contributed by atoms with van der Waals surface area (Å²) < 4.78 is 24.7. The fourth-order valence-electron chi connectivity index (χ4n) is 2.11. The zero-order chi connectivity index (χ0) is 14.3. The van der Waals surface area contributed by atoms with Crippen molar-refractivity contribution in [3.05, 3.63) is 40.7 Å². The Labute approximate surface area is 121 Å². The standard InChI is InChI=1S/C12H13ClN4O2S/c13-9-3-1-8(2-4-9)7-11-15-16-12(20(14,18)19)17(11)10-5-6-10/h1-4,10H,5-7H2,(H2,14,18,19). The molecule has 0 radical (unpaired) electrons. The molecule has 0 spiro atoms. The number of primary sulfonamides is 1. The van der Waals surface area contributed by atoms with E-state index in [0.717, 1.165) is 18.4 Å². The van der Waals surface area contributed by atoms with Crippen molar-refractivity contribution in [1.82, 2.24) is 14.8 Å². The second kappa shape index (κ2) is 4.83. The van der Waals surface area contributed by atoms with E-state index in [4.69, 9.17) is 16.7 Å². The summed E-state index contributed by atoms with van der Waals surface area (Å²) in [7, 11) is -3.85. The van der Waals surface area contributed by atoms with Gasteiger partial charge in [-0.2, -0.15) is 0 Å². The van der Waals surface area contributed by atoms with E-state index in [2.05, 4.69) is 10.2 Å². The molecular weight excluding hydrogens is 300 g/mol. The molecule has 1 saturated carbocycles. The Balaban J connectivity index is 1.98. The lowest BCUT2D eigenvalue weighted by molar-refractivity contribution is 0.560. The first kappa shape index (κ1) is 13.5. The van der Waals surface area contributed by atoms with E-state index in [1.807, 2.05) is 12.1 Å². The van der Waals surface area contributed by atoms with Crippen molar-refractivity contribution in [2.45, 2.75) is 30.5 Å². The van der Waals surface area contributed by atoms with Gasteiger partial charge in [0.15, 0.2) is 0 Å². The molecule has 0 aliphatic heterocycles. The molecule has 20 heavy (non-hydrogen) atoms. The Kier molecular flexibility index (Phi) is 3.27. The molecule has 0 unspecified atom stereocenters. The molecule has 1 heterocycles. The Bertz CT molecular complexity index is 735. The molecule has 1 aliphatic carbocycles. The fourth-order valence-corrected chi connectivity index (χ4v) is 2.92. The molecule has 0 atom stereocenters. The first-order valence-electron chi connectivity index (χ1n) is 6.16. The monoisotopic (exact) mass is 312 g/mol. The highest BCUT2D eigenvalue weighted by molar-refractivity contribution is 7.89. The Morgan fingerprint density at radius 2 is 1.90 bits per heavy atom. The molecule has 8 heteroatoms. The lowest BCUT2D eigenvalue weighted by atomic mass is 10.1. The summed E-state index contributed by atoms with van der Waals surface area (Å²) in [6.45, 7) is 0. The molecule has 1 fully saturated rings. The molecule has 0 bridgehead atoms. The van der Waals surface area contributed by atoms with Crippen molar-refractivity contribution in [2.24, 2.45) is 5.14 Å². The Hall–Kier alpha value is -1.44. The van der Waals surface area contributed by atoms with Gasteiger partial charge in [-0.1, -0.05) is 23.7 Å². The van der Waals surface area contributed by atoms with Gasteiger partial charge in [0.05, 0.1) is 0 Å². The topological polar surface area (TPSA) is 90.9 Å². The zero-order valence-electron chi connectivity index (χ0n) is 10.5. The molecule has 6 nitrogen and oxygen atoms in total. The van der Waals surface area contributed by atoms with Crippen molar-refractivity contribution in [1.29, 1.82) is 0 Å². The van der Waals surface area contributed by atoms with Crippen LogP contribution in [0.5, 0.6) is 0 Å². The number of hydrogen-bond donors (Lipinski definition) is 1. The second-order valence-corrected chi connectivity index (χ2v) is 6.74. The van der Waals surface area contributed by atoms with Gasteiger partial charge in [-0.25, -0.2) is 13.6 Å². The second-order valence-electron chi connectivity index (χ2n) is 4.85. The van der Waals surface area contributed by atoms with Gasteiger partial charge in [0, 0.05) is 17.5 Å². The van der Waals surface area contributed by atoms with Crippen LogP contribution in [0.4, 0.5) is 0 Å². The molecule has 106 valence electrons. The summed E-state index contributed by atoms with van der Waals surface area (Å²) in [6.07, 6.45) is 2.35. The van der Waals surface area contributed by atoms with Crippen LogP contribution in [0.3, 0.4) is 0 Å². The maximum absolute atomic E-state index is 11.5. The largest absolute Gasteiger partial charge is 0.297 e. The number of sulfonamides is 1. The highest BCUT2D eigenvalue weighted by Gasteiger charge is 2.32. The minimum atomic E-state index is -3.85. The summed E-state index contributed by atoms with van der Waals surface area (Å²) in [5.41, 5.74) is 0.990. The summed E-state index contributed by atoms with van der Waals surface area (Å²) in [5.74, 6) is 0.610. The van der Waals surface area contributed by atoms with E-state index in [9.17, 15) is 8.42 Å². The predicted molar refractivity (Wildman–Crippen MR) is 73.9 cm³/mol. The van der Waals surface area contributed by atoms with E-state index < -0.39 is 10.0 Å². The molecule has 1 aromatic carbocycles. The number of hydrogen-bond acceptors (Lipinski definition) is 4. The molecule has 1 aromatic heterocycles. The van der Waals surface area contributed by atoms with Crippen LogP contribution in [-0.4, -0.2) is 23.2 Å². The van der Waals surface area contributed by atoms with Crippen LogP contribution < -0.4 is 5.14 Å². The third-order valence-electron chi connectivity index (χ3n) is 3.18. The first-order chi connectivity index (χ1) is 9.45. The predicted octanol–water partition coefficient (Wildman–Crippen LogP) is 1.50. The van der Waals surface area contributed by atoms with Gasteiger partial charge < -0.3 is 0 Å². The average Bonchev–Trinajstić information content (AvgIpc) is 3.12. The normalized spacial score (nSPS) is 15.5. The number of rotatable bonds is 4. The quantitative estimate of drug-likeness (QED) is 0.926. The third-order valence-corrected chi connectivity index (χ3v) is 4.22. The van der Waals surface area contributed by atoms with Crippen molar-refractivity contribution >= 4 is 21.6 Å². The van der Waals surface area contributed by atoms with Crippen LogP contribution >= 0.6 is 11.6 Å². The fraction of sp³-hybridized carbons (Fsp3) is 0.333. The zero-order valence-corrected chi connectivity index (χ0v) is 12.1. The summed E-state index contributed by atoms with van der Waals surface area (Å²) in [6, 6.07) is 7.47. The van der Waals surface area contributed by atoms with E-state index in [-0.39, 0.29) is 11.2 Å². The molecule has 0 amide bonds. The SMILES string of the molecule is NS(=O)(=O)c1nnc(Cc2ccc(Cl)cc2)n1C1CC1. The van der Waals surface area contributed by atoms with Crippen molar-refractivity contribution in [2.75, 3.05) is 0 Å². The van der Waals surface area contributed by atoms with Crippen LogP contribution in [0.15, 0.2) is 29.4 Å². The number of nitrogens with zero attached hydrogens (tertiary/aromatic N) is 3. The van der Waals surface area contributed by atoms with Crippen LogP contribution in [0.1, 0.15) is 30.3 Å². The molecule has 2 N–H and O–H groups in total. The summed E-state index contributed by atoms with van der Waals surface area (Å²) in [5, 5.41) is 13.4. The minimum Gasteiger partial charge on any atom is -0.297 e. The smallest absolute Gasteiger partial charge is 0.273 e. The third kappa shape index (κ3) is 2.70. The molecular formula is C12H13ClN4O2S. The molecule has 1 aliphatic rings. The lowest BCUT2D eigenvalue weighted by Gasteiger charge is -2.07. The van der Waals surface area contributed by atoms with Gasteiger partial charge in [0.2, 0.25) is 0 Å². The number of benzene rings is 1. The van der Waals surface area contributed by atoms with Crippen LogP contribution in [0, 0.1) is 0 Å². The highest BCUT2D eigenvalue weighted by atomic mass is 35.5. The average molecular weight is 313 g/mol. The molecule has 0 saturated heterocycles. The van der Waals surface area contributed by atoms with Crippen molar-refractivity contribution in [3.63, 3.8) is 0 Å². The van der Waals surface area contributed by atoms with Gasteiger partial charge in [0.1, 0.15) is 5.82 Å². The molecule has 2 aromatic rings. The summed E-state index contributed by atoms with van der Waals surface area (Å²) in [4.78, 5) is 0. The van der Waals surface area contributed by atoms with Crippen LogP contribution in [-0.2, 0) is 16.4 Å². The van der Waals surface area contributed by atoms with E-state index >= 15 is 0 Å². The van der Waals surface area contributed by atoms with Crippen LogP contribution in [0.2, 0.25) is 5.02 Å². The number of nitrogens with two attached hydrogens (primary N) is 1. The van der Waals surface area contributed by atoms with E-state index in [1.54, 1.807) is 16.7 Å². The Morgan fingerprint density at radius 1 is 1.25 bits per heavy atom. The van der Waals surface area contributed by atoms with E-state index in [1.165, 1.54) is 0 Å². The van der Waals surface area contributed by atoms with Gasteiger partial charge in [-0.15, -0.1) is 10.2 Å². The summed E-state index contributed by atoms with van der Waals surface area (Å²) >= 11 is 5.84. The number of halogens is 1. The van der Waals surface area contributed by atoms with Crippen molar-refractivity contribution < 1.29 is 8.42 Å². The lowest BCUT2D eigenvalue weighted by Crippen LogP contribution is -2.19. The van der Waals surface area contributed by atoms with Gasteiger partial charge in [0.25, 0.3) is 15.2 Å².